The smallest absolute Gasteiger partial charge is 0.254 e. The number of amides is 1. The SMILES string of the molecule is Cc1ncc(CN2CCCC(CNC(=O)c3ccoc3)C2)[nH]1. The number of carbonyl (C=O) groups is 1. The van der Waals surface area contributed by atoms with E-state index in [4.69, 9.17) is 4.42 Å². The summed E-state index contributed by atoms with van der Waals surface area (Å²) in [6, 6.07) is 1.68. The standard InChI is InChI=1S/C16H22N4O2/c1-12-17-8-15(19-12)10-20-5-2-3-13(9-20)7-18-16(21)14-4-6-22-11-14/h4,6,8,11,13H,2-3,5,7,9-10H2,1H3,(H,17,19)(H,18,21). The quantitative estimate of drug-likeness (QED) is 0.885. The fraction of sp³-hybridized carbons (Fsp3) is 0.500. The Morgan fingerprint density at radius 3 is 3.23 bits per heavy atom. The second-order valence-corrected chi connectivity index (χ2v) is 5.96. The summed E-state index contributed by atoms with van der Waals surface area (Å²) in [7, 11) is 0. The Morgan fingerprint density at radius 2 is 2.50 bits per heavy atom. The Balaban J connectivity index is 1.47. The minimum absolute atomic E-state index is 0.0601. The van der Waals surface area contributed by atoms with Gasteiger partial charge in [-0.1, -0.05) is 0 Å². The van der Waals surface area contributed by atoms with Gasteiger partial charge in [0, 0.05) is 31.5 Å². The maximum atomic E-state index is 11.9. The van der Waals surface area contributed by atoms with E-state index in [2.05, 4.69) is 20.2 Å². The van der Waals surface area contributed by atoms with E-state index in [-0.39, 0.29) is 5.91 Å². The summed E-state index contributed by atoms with van der Waals surface area (Å²) < 4.78 is 4.93. The Hall–Kier alpha value is -2.08. The predicted molar refractivity (Wildman–Crippen MR) is 82.4 cm³/mol. The van der Waals surface area contributed by atoms with Crippen molar-refractivity contribution in [2.45, 2.75) is 26.3 Å². The second kappa shape index (κ2) is 6.79. The lowest BCUT2D eigenvalue weighted by atomic mass is 9.98. The molecule has 1 aliphatic heterocycles. The maximum Gasteiger partial charge on any atom is 0.254 e. The summed E-state index contributed by atoms with van der Waals surface area (Å²) in [4.78, 5) is 21.9. The normalized spacial score (nSPS) is 19.2. The molecule has 2 aromatic heterocycles. The van der Waals surface area contributed by atoms with Crippen molar-refractivity contribution in [1.82, 2.24) is 20.2 Å². The van der Waals surface area contributed by atoms with Crippen LogP contribution in [0.1, 0.15) is 34.7 Å². The molecule has 1 saturated heterocycles. The van der Waals surface area contributed by atoms with Crippen molar-refractivity contribution < 1.29 is 9.21 Å². The van der Waals surface area contributed by atoms with Crippen LogP contribution in [0.4, 0.5) is 0 Å². The Labute approximate surface area is 129 Å². The van der Waals surface area contributed by atoms with Gasteiger partial charge in [0.1, 0.15) is 12.1 Å². The molecule has 3 rings (SSSR count). The van der Waals surface area contributed by atoms with Crippen LogP contribution in [0.25, 0.3) is 0 Å². The van der Waals surface area contributed by atoms with Crippen LogP contribution in [0.2, 0.25) is 0 Å². The average Bonchev–Trinajstić information content (AvgIpc) is 3.17. The van der Waals surface area contributed by atoms with E-state index in [1.807, 2.05) is 13.1 Å². The summed E-state index contributed by atoms with van der Waals surface area (Å²) in [6.07, 6.45) is 7.22. The number of nitrogens with one attached hydrogen (secondary N) is 2. The molecule has 0 bridgehead atoms. The number of aryl methyl sites for hydroxylation is 1. The number of aromatic nitrogens is 2. The highest BCUT2D eigenvalue weighted by molar-refractivity contribution is 5.93. The number of hydrogen-bond donors (Lipinski definition) is 2. The molecule has 1 fully saturated rings. The largest absolute Gasteiger partial charge is 0.472 e. The number of rotatable bonds is 5. The van der Waals surface area contributed by atoms with Crippen LogP contribution in [0.15, 0.2) is 29.2 Å². The lowest BCUT2D eigenvalue weighted by molar-refractivity contribution is 0.0929. The molecule has 0 aliphatic carbocycles. The first-order valence-electron chi connectivity index (χ1n) is 7.74. The van der Waals surface area contributed by atoms with Gasteiger partial charge in [0.2, 0.25) is 0 Å². The number of carbonyl (C=O) groups excluding carboxylic acids is 1. The van der Waals surface area contributed by atoms with Crippen molar-refractivity contribution in [3.63, 3.8) is 0 Å². The minimum atomic E-state index is -0.0601. The number of imidazole rings is 1. The third-order valence-electron chi connectivity index (χ3n) is 4.09. The third-order valence-corrected chi connectivity index (χ3v) is 4.09. The van der Waals surface area contributed by atoms with Gasteiger partial charge >= 0.3 is 0 Å². The monoisotopic (exact) mass is 302 g/mol. The van der Waals surface area contributed by atoms with Gasteiger partial charge in [-0.25, -0.2) is 4.98 Å². The summed E-state index contributed by atoms with van der Waals surface area (Å²) in [5.74, 6) is 1.39. The van der Waals surface area contributed by atoms with Gasteiger partial charge in [-0.05, 0) is 38.3 Å². The first-order valence-corrected chi connectivity index (χ1v) is 7.74. The van der Waals surface area contributed by atoms with Crippen LogP contribution in [0, 0.1) is 12.8 Å². The summed E-state index contributed by atoms with van der Waals surface area (Å²) >= 11 is 0. The maximum absolute atomic E-state index is 11.9. The highest BCUT2D eigenvalue weighted by Crippen LogP contribution is 2.17. The van der Waals surface area contributed by atoms with Gasteiger partial charge in [-0.2, -0.15) is 0 Å². The topological polar surface area (TPSA) is 74.2 Å². The van der Waals surface area contributed by atoms with Gasteiger partial charge in [0.25, 0.3) is 5.91 Å². The van der Waals surface area contributed by atoms with Crippen molar-refractivity contribution in [1.29, 1.82) is 0 Å². The highest BCUT2D eigenvalue weighted by Gasteiger charge is 2.21. The summed E-state index contributed by atoms with van der Waals surface area (Å²) in [5, 5.41) is 3.00. The molecule has 6 nitrogen and oxygen atoms in total. The molecule has 2 aromatic rings. The van der Waals surface area contributed by atoms with E-state index in [0.29, 0.717) is 18.0 Å². The molecular formula is C16H22N4O2. The average molecular weight is 302 g/mol. The van der Waals surface area contributed by atoms with Crippen LogP contribution < -0.4 is 5.32 Å². The molecule has 1 unspecified atom stereocenters. The van der Waals surface area contributed by atoms with Crippen LogP contribution in [-0.4, -0.2) is 40.4 Å². The predicted octanol–water partition coefficient (Wildman–Crippen LogP) is 1.95. The number of nitrogens with zero attached hydrogens (tertiary/aromatic N) is 2. The van der Waals surface area contributed by atoms with E-state index < -0.39 is 0 Å². The van der Waals surface area contributed by atoms with Crippen molar-refractivity contribution >= 4 is 5.91 Å². The molecule has 1 amide bonds. The molecule has 1 atom stereocenters. The van der Waals surface area contributed by atoms with Crippen LogP contribution in [0.3, 0.4) is 0 Å². The van der Waals surface area contributed by atoms with E-state index in [9.17, 15) is 4.79 Å². The van der Waals surface area contributed by atoms with Gasteiger partial charge in [-0.15, -0.1) is 0 Å². The number of aromatic amines is 1. The molecule has 0 radical (unpaired) electrons. The second-order valence-electron chi connectivity index (χ2n) is 5.96. The first-order chi connectivity index (χ1) is 10.7. The molecule has 1 aliphatic rings. The number of H-pyrrole nitrogens is 1. The van der Waals surface area contributed by atoms with Crippen LogP contribution in [-0.2, 0) is 6.54 Å². The Kier molecular flexibility index (Phi) is 4.58. The fourth-order valence-electron chi connectivity index (χ4n) is 2.99. The third kappa shape index (κ3) is 3.76. The van der Waals surface area contributed by atoms with Gasteiger partial charge in [-0.3, -0.25) is 9.69 Å². The zero-order valence-corrected chi connectivity index (χ0v) is 12.8. The number of hydrogen-bond acceptors (Lipinski definition) is 4. The summed E-state index contributed by atoms with van der Waals surface area (Å²) in [6.45, 7) is 5.68. The fourth-order valence-corrected chi connectivity index (χ4v) is 2.99. The van der Waals surface area contributed by atoms with Crippen molar-refractivity contribution in [3.8, 4) is 0 Å². The Morgan fingerprint density at radius 1 is 1.59 bits per heavy atom. The Bertz CT molecular complexity index is 605. The molecule has 118 valence electrons. The van der Waals surface area contributed by atoms with Gasteiger partial charge in [0.15, 0.2) is 0 Å². The van der Waals surface area contributed by atoms with E-state index >= 15 is 0 Å². The molecule has 2 N–H and O–H groups in total. The van der Waals surface area contributed by atoms with Crippen LogP contribution >= 0.6 is 0 Å². The zero-order valence-electron chi connectivity index (χ0n) is 12.8. The molecule has 0 saturated carbocycles. The van der Waals surface area contributed by atoms with Gasteiger partial charge < -0.3 is 14.7 Å². The van der Waals surface area contributed by atoms with E-state index in [1.165, 1.54) is 18.9 Å². The van der Waals surface area contributed by atoms with Crippen molar-refractivity contribution in [3.05, 3.63) is 41.9 Å². The number of likely N-dealkylation sites (tertiary alicyclic amines) is 1. The summed E-state index contributed by atoms with van der Waals surface area (Å²) in [5.41, 5.74) is 1.74. The van der Waals surface area contributed by atoms with Crippen LogP contribution in [0.5, 0.6) is 0 Å². The molecule has 6 heteroatoms. The minimum Gasteiger partial charge on any atom is -0.472 e. The molecule has 0 spiro atoms. The highest BCUT2D eigenvalue weighted by atomic mass is 16.3. The van der Waals surface area contributed by atoms with E-state index in [1.54, 1.807) is 6.07 Å². The number of piperidine rings is 1. The lowest BCUT2D eigenvalue weighted by Gasteiger charge is -2.32. The molecular weight excluding hydrogens is 280 g/mol. The van der Waals surface area contributed by atoms with Crippen molar-refractivity contribution in [2.24, 2.45) is 5.92 Å². The molecule has 22 heavy (non-hydrogen) atoms. The number of furan rings is 1. The first kappa shape index (κ1) is 14.8. The zero-order chi connectivity index (χ0) is 15.4. The van der Waals surface area contributed by atoms with E-state index in [0.717, 1.165) is 37.6 Å². The molecule has 3 heterocycles. The van der Waals surface area contributed by atoms with Gasteiger partial charge in [0.05, 0.1) is 11.8 Å². The lowest BCUT2D eigenvalue weighted by Crippen LogP contribution is -2.40. The molecule has 0 aromatic carbocycles. The van der Waals surface area contributed by atoms with Crippen molar-refractivity contribution in [2.75, 3.05) is 19.6 Å².